The van der Waals surface area contributed by atoms with Gasteiger partial charge in [-0.1, -0.05) is 0 Å². The molecule has 1 atom stereocenters. The van der Waals surface area contributed by atoms with Gasteiger partial charge in [0, 0.05) is 51.4 Å². The Hall–Kier alpha value is -2.32. The average molecular weight is 500 g/mol. The summed E-state index contributed by atoms with van der Waals surface area (Å²) in [5.41, 5.74) is 5.73. The van der Waals surface area contributed by atoms with E-state index in [1.165, 1.54) is 24.9 Å². The minimum absolute atomic E-state index is 0.0250. The van der Waals surface area contributed by atoms with E-state index in [9.17, 15) is 22.4 Å². The van der Waals surface area contributed by atoms with Gasteiger partial charge in [-0.3, -0.25) is 14.5 Å². The Balaban J connectivity index is 1.55. The normalized spacial score (nSPS) is 21.0. The zero-order chi connectivity index (χ0) is 24.5. The Morgan fingerprint density at radius 2 is 1.97 bits per heavy atom. The highest BCUT2D eigenvalue weighted by atomic mass is 32.2. The molecule has 34 heavy (non-hydrogen) atoms. The third kappa shape index (κ3) is 5.18. The first kappa shape index (κ1) is 24.8. The number of morpholine rings is 1. The van der Waals surface area contributed by atoms with Gasteiger partial charge < -0.3 is 25.0 Å². The van der Waals surface area contributed by atoms with E-state index < -0.39 is 38.6 Å². The molecule has 3 aliphatic rings. The molecule has 188 valence electrons. The number of benzene rings is 1. The number of carbonyl (C=O) groups is 2. The molecule has 1 aliphatic carbocycles. The van der Waals surface area contributed by atoms with Crippen LogP contribution in [0.1, 0.15) is 12.8 Å². The van der Waals surface area contributed by atoms with E-state index in [1.807, 2.05) is 0 Å². The van der Waals surface area contributed by atoms with Gasteiger partial charge in [-0.05, 0) is 18.9 Å². The van der Waals surface area contributed by atoms with Crippen molar-refractivity contribution < 1.29 is 31.9 Å². The SMILES string of the molecule is COc1c(N2CCOCC2=O)cc(F)cc1S(=O)(=O)N[C@@H](CN)C(=O)N1CCN(C2CC2)CC1. The van der Waals surface area contributed by atoms with E-state index in [-0.39, 0.29) is 37.7 Å². The number of nitrogens with one attached hydrogen (secondary N) is 1. The van der Waals surface area contributed by atoms with E-state index in [1.54, 1.807) is 4.90 Å². The van der Waals surface area contributed by atoms with Gasteiger partial charge >= 0.3 is 0 Å². The van der Waals surface area contributed by atoms with Crippen molar-refractivity contribution >= 4 is 27.5 Å². The molecular weight excluding hydrogens is 469 g/mol. The van der Waals surface area contributed by atoms with Crippen molar-refractivity contribution in [1.82, 2.24) is 14.5 Å². The second-order valence-electron chi connectivity index (χ2n) is 8.56. The maximum atomic E-state index is 14.5. The number of anilines is 1. The number of hydrogen-bond donors (Lipinski definition) is 2. The standard InChI is InChI=1S/C21H30FN5O6S/c1-32-20-17(27-8-9-33-13-19(27)28)10-14(22)11-18(20)34(30,31)24-16(12-23)21(29)26-6-4-25(5-7-26)15-2-3-15/h10-11,15-16,24H,2-9,12-13,23H2,1H3/t16-/m0/s1. The van der Waals surface area contributed by atoms with Gasteiger partial charge in [-0.25, -0.2) is 12.8 Å². The summed E-state index contributed by atoms with van der Waals surface area (Å²) < 4.78 is 53.7. The van der Waals surface area contributed by atoms with Crippen LogP contribution in [0.2, 0.25) is 0 Å². The Morgan fingerprint density at radius 3 is 2.56 bits per heavy atom. The molecule has 1 aromatic rings. The zero-order valence-corrected chi connectivity index (χ0v) is 19.9. The van der Waals surface area contributed by atoms with Crippen LogP contribution in [0.25, 0.3) is 0 Å². The summed E-state index contributed by atoms with van der Waals surface area (Å²) in [5.74, 6) is -1.96. The largest absolute Gasteiger partial charge is 0.493 e. The first-order chi connectivity index (χ1) is 16.2. The lowest BCUT2D eigenvalue weighted by molar-refractivity contribution is -0.134. The summed E-state index contributed by atoms with van der Waals surface area (Å²) in [6, 6.07) is 1.20. The molecule has 2 amide bonds. The van der Waals surface area contributed by atoms with Crippen molar-refractivity contribution in [2.45, 2.75) is 29.8 Å². The van der Waals surface area contributed by atoms with Gasteiger partial charge in [0.05, 0.1) is 19.4 Å². The lowest BCUT2D eigenvalue weighted by Crippen LogP contribution is -2.57. The quantitative estimate of drug-likeness (QED) is 0.471. The first-order valence-electron chi connectivity index (χ1n) is 11.3. The number of methoxy groups -OCH3 is 1. The molecule has 13 heteroatoms. The molecule has 1 aromatic carbocycles. The van der Waals surface area contributed by atoms with Gasteiger partial charge in [0.2, 0.25) is 15.9 Å². The third-order valence-electron chi connectivity index (χ3n) is 6.29. The molecule has 0 unspecified atom stereocenters. The summed E-state index contributed by atoms with van der Waals surface area (Å²) >= 11 is 0. The number of hydrogen-bond acceptors (Lipinski definition) is 8. The highest BCUT2D eigenvalue weighted by Crippen LogP contribution is 2.37. The van der Waals surface area contributed by atoms with Crippen LogP contribution in [0, 0.1) is 5.82 Å². The molecule has 0 bridgehead atoms. The minimum Gasteiger partial charge on any atom is -0.493 e. The van der Waals surface area contributed by atoms with Gasteiger partial charge in [-0.2, -0.15) is 4.72 Å². The molecule has 3 N–H and O–H groups in total. The van der Waals surface area contributed by atoms with Crippen LogP contribution in [0.15, 0.2) is 17.0 Å². The predicted octanol–water partition coefficient (Wildman–Crippen LogP) is -0.890. The van der Waals surface area contributed by atoms with Gasteiger partial charge in [0.25, 0.3) is 5.91 Å². The smallest absolute Gasteiger partial charge is 0.253 e. The van der Waals surface area contributed by atoms with Gasteiger partial charge in [0.1, 0.15) is 23.4 Å². The summed E-state index contributed by atoms with van der Waals surface area (Å²) in [6.07, 6.45) is 2.35. The first-order valence-corrected chi connectivity index (χ1v) is 12.7. The van der Waals surface area contributed by atoms with E-state index in [2.05, 4.69) is 9.62 Å². The lowest BCUT2D eigenvalue weighted by atomic mass is 10.2. The van der Waals surface area contributed by atoms with Crippen molar-refractivity contribution in [3.05, 3.63) is 17.9 Å². The Labute approximate surface area is 198 Å². The fourth-order valence-corrected chi connectivity index (χ4v) is 5.75. The molecule has 0 spiro atoms. The number of halogens is 1. The van der Waals surface area contributed by atoms with Crippen LogP contribution < -0.4 is 20.1 Å². The predicted molar refractivity (Wildman–Crippen MR) is 120 cm³/mol. The van der Waals surface area contributed by atoms with Crippen molar-refractivity contribution in [2.24, 2.45) is 5.73 Å². The van der Waals surface area contributed by atoms with Crippen LogP contribution in [0.5, 0.6) is 5.75 Å². The molecule has 4 rings (SSSR count). The van der Waals surface area contributed by atoms with Crippen molar-refractivity contribution in [2.75, 3.05) is 64.5 Å². The molecule has 2 heterocycles. The van der Waals surface area contributed by atoms with Crippen LogP contribution >= 0.6 is 0 Å². The number of amides is 2. The fourth-order valence-electron chi connectivity index (χ4n) is 4.35. The summed E-state index contributed by atoms with van der Waals surface area (Å²) in [5, 5.41) is 0. The summed E-state index contributed by atoms with van der Waals surface area (Å²) in [4.78, 5) is 29.9. The summed E-state index contributed by atoms with van der Waals surface area (Å²) in [6.45, 7) is 2.28. The monoisotopic (exact) mass is 499 g/mol. The van der Waals surface area contributed by atoms with Crippen LogP contribution in [0.4, 0.5) is 10.1 Å². The third-order valence-corrected chi connectivity index (χ3v) is 7.77. The zero-order valence-electron chi connectivity index (χ0n) is 19.0. The molecule has 11 nitrogen and oxygen atoms in total. The van der Waals surface area contributed by atoms with E-state index in [0.717, 1.165) is 25.2 Å². The molecule has 0 aromatic heterocycles. The maximum absolute atomic E-state index is 14.5. The van der Waals surface area contributed by atoms with Crippen LogP contribution in [-0.4, -0.2) is 102 Å². The minimum atomic E-state index is -4.44. The van der Waals surface area contributed by atoms with E-state index in [0.29, 0.717) is 19.1 Å². The number of nitrogens with zero attached hydrogens (tertiary/aromatic N) is 3. The van der Waals surface area contributed by atoms with Crippen molar-refractivity contribution in [1.29, 1.82) is 0 Å². The molecular formula is C21H30FN5O6S. The molecule has 2 aliphatic heterocycles. The molecule has 0 radical (unpaired) electrons. The van der Waals surface area contributed by atoms with Crippen LogP contribution in [-0.2, 0) is 24.3 Å². The van der Waals surface area contributed by atoms with Crippen LogP contribution in [0.3, 0.4) is 0 Å². The molecule has 3 fully saturated rings. The Bertz CT molecular complexity index is 1040. The second kappa shape index (κ2) is 10.1. The number of sulfonamides is 1. The molecule has 2 saturated heterocycles. The maximum Gasteiger partial charge on any atom is 0.253 e. The average Bonchev–Trinajstić information content (AvgIpc) is 3.67. The number of piperazine rings is 1. The topological polar surface area (TPSA) is 135 Å². The second-order valence-corrected chi connectivity index (χ2v) is 10.2. The number of carbonyl (C=O) groups excluding carboxylic acids is 2. The summed E-state index contributed by atoms with van der Waals surface area (Å²) in [7, 11) is -3.21. The Kier molecular flexibility index (Phi) is 7.38. The molecule has 1 saturated carbocycles. The van der Waals surface area contributed by atoms with Crippen molar-refractivity contribution in [3.63, 3.8) is 0 Å². The van der Waals surface area contributed by atoms with Crippen molar-refractivity contribution in [3.8, 4) is 5.75 Å². The Morgan fingerprint density at radius 1 is 1.26 bits per heavy atom. The fraction of sp³-hybridized carbons (Fsp3) is 0.619. The van der Waals surface area contributed by atoms with E-state index in [4.69, 9.17) is 15.2 Å². The van der Waals surface area contributed by atoms with Gasteiger partial charge in [-0.15, -0.1) is 0 Å². The lowest BCUT2D eigenvalue weighted by Gasteiger charge is -2.36. The number of ether oxygens (including phenoxy) is 2. The highest BCUT2D eigenvalue weighted by molar-refractivity contribution is 7.89. The number of nitrogens with two attached hydrogens (primary N) is 1. The highest BCUT2D eigenvalue weighted by Gasteiger charge is 2.36. The van der Waals surface area contributed by atoms with E-state index >= 15 is 0 Å². The number of rotatable bonds is 8. The van der Waals surface area contributed by atoms with Gasteiger partial charge in [0.15, 0.2) is 5.75 Å².